The monoisotopic (exact) mass is 389 g/mol. The van der Waals surface area contributed by atoms with Gasteiger partial charge in [0.15, 0.2) is 11.2 Å². The first kappa shape index (κ1) is 20.7. The maximum absolute atomic E-state index is 12.3. The number of methoxy groups -OCH3 is 1. The highest BCUT2D eigenvalue weighted by molar-refractivity contribution is 7.98. The molecule has 2 rings (SSSR count). The maximum Gasteiger partial charge on any atom is 0.330 e. The molecule has 1 aromatic carbocycles. The lowest BCUT2D eigenvalue weighted by Gasteiger charge is -2.16. The molecular weight excluding hydrogens is 366 g/mol. The molecule has 0 radical (unpaired) electrons. The molecule has 8 heteroatoms. The van der Waals surface area contributed by atoms with Gasteiger partial charge in [-0.1, -0.05) is 23.9 Å². The topological polar surface area (TPSA) is 101 Å². The van der Waals surface area contributed by atoms with E-state index >= 15 is 0 Å². The fourth-order valence-electron chi connectivity index (χ4n) is 2.72. The number of benzene rings is 1. The molecule has 1 aromatic heterocycles. The van der Waals surface area contributed by atoms with Gasteiger partial charge in [-0.3, -0.25) is 4.79 Å². The van der Waals surface area contributed by atoms with Gasteiger partial charge in [-0.15, -0.1) is 0 Å². The van der Waals surface area contributed by atoms with Gasteiger partial charge in [-0.2, -0.15) is 0 Å². The summed E-state index contributed by atoms with van der Waals surface area (Å²) in [5.41, 5.74) is 3.07. The first-order valence-corrected chi connectivity index (χ1v) is 9.62. The number of aryl methyl sites for hydroxylation is 2. The van der Waals surface area contributed by atoms with Crippen molar-refractivity contribution < 1.29 is 19.4 Å². The average Bonchev–Trinajstić information content (AvgIpc) is 2.65. The van der Waals surface area contributed by atoms with E-state index in [4.69, 9.17) is 4.74 Å². The number of hydrogen-bond donors (Lipinski definition) is 2. The van der Waals surface area contributed by atoms with Gasteiger partial charge in [0.2, 0.25) is 5.91 Å². The van der Waals surface area contributed by atoms with Crippen LogP contribution in [-0.4, -0.2) is 40.3 Å². The van der Waals surface area contributed by atoms with E-state index in [1.54, 1.807) is 24.3 Å². The Bertz CT molecular complexity index is 801. The number of amides is 1. The van der Waals surface area contributed by atoms with Crippen LogP contribution in [0.3, 0.4) is 0 Å². The second-order valence-electron chi connectivity index (χ2n) is 5.97. The van der Waals surface area contributed by atoms with Gasteiger partial charge in [0.1, 0.15) is 5.75 Å². The number of thioether (sulfide) groups is 1. The van der Waals surface area contributed by atoms with E-state index in [9.17, 15) is 14.7 Å². The number of rotatable bonds is 8. The van der Waals surface area contributed by atoms with Crippen LogP contribution < -0.4 is 10.1 Å². The maximum atomic E-state index is 12.3. The second-order valence-corrected chi connectivity index (χ2v) is 6.74. The van der Waals surface area contributed by atoms with Crippen molar-refractivity contribution in [3.63, 3.8) is 0 Å². The zero-order valence-electron chi connectivity index (χ0n) is 15.8. The Morgan fingerprint density at radius 3 is 2.26 bits per heavy atom. The molecule has 0 saturated carbocycles. The van der Waals surface area contributed by atoms with E-state index in [-0.39, 0.29) is 12.3 Å². The van der Waals surface area contributed by atoms with Gasteiger partial charge in [0.05, 0.1) is 7.11 Å². The fraction of sp³-hybridized carbons (Fsp3) is 0.368. The summed E-state index contributed by atoms with van der Waals surface area (Å²) in [6.45, 7) is 3.78. The van der Waals surface area contributed by atoms with Crippen molar-refractivity contribution >= 4 is 23.6 Å². The second kappa shape index (κ2) is 9.36. The summed E-state index contributed by atoms with van der Waals surface area (Å²) < 4.78 is 5.07. The predicted molar refractivity (Wildman–Crippen MR) is 103 cm³/mol. The minimum atomic E-state index is -1.12. The summed E-state index contributed by atoms with van der Waals surface area (Å²) in [4.78, 5) is 32.7. The van der Waals surface area contributed by atoms with Crippen molar-refractivity contribution in [3.8, 4) is 5.75 Å². The SMILES string of the molecule is COc1ccc(C(NC(=O)CCc2c(C)nc(SC)nc2C)C(=O)O)cc1. The molecule has 0 aliphatic heterocycles. The molecule has 0 aliphatic carbocycles. The van der Waals surface area contributed by atoms with Crippen molar-refractivity contribution in [1.29, 1.82) is 0 Å². The van der Waals surface area contributed by atoms with Gasteiger partial charge in [0.25, 0.3) is 0 Å². The summed E-state index contributed by atoms with van der Waals surface area (Å²) in [6.07, 6.45) is 2.52. The van der Waals surface area contributed by atoms with E-state index in [1.165, 1.54) is 18.9 Å². The third-order valence-corrected chi connectivity index (χ3v) is 4.73. The molecule has 1 amide bonds. The third kappa shape index (κ3) is 5.43. The molecule has 0 aliphatic rings. The van der Waals surface area contributed by atoms with Crippen molar-refractivity contribution in [2.45, 2.75) is 37.9 Å². The van der Waals surface area contributed by atoms with Crippen LogP contribution >= 0.6 is 11.8 Å². The van der Waals surface area contributed by atoms with Crippen LogP contribution in [0.5, 0.6) is 5.75 Å². The summed E-state index contributed by atoms with van der Waals surface area (Å²) in [5, 5.41) is 12.7. The molecule has 144 valence electrons. The number of ether oxygens (including phenoxy) is 1. The molecule has 2 N–H and O–H groups in total. The molecular formula is C19H23N3O4S. The summed E-state index contributed by atoms with van der Waals surface area (Å²) >= 11 is 1.47. The molecule has 7 nitrogen and oxygen atoms in total. The lowest BCUT2D eigenvalue weighted by Crippen LogP contribution is -2.33. The summed E-state index contributed by atoms with van der Waals surface area (Å²) in [6, 6.07) is 5.46. The molecule has 1 unspecified atom stereocenters. The number of nitrogens with zero attached hydrogens (tertiary/aromatic N) is 2. The van der Waals surface area contributed by atoms with Crippen LogP contribution in [0.1, 0.15) is 35.0 Å². The molecule has 0 saturated heterocycles. The number of aliphatic carboxylic acids is 1. The van der Waals surface area contributed by atoms with Crippen molar-refractivity contribution in [3.05, 3.63) is 46.8 Å². The minimum Gasteiger partial charge on any atom is -0.497 e. The highest BCUT2D eigenvalue weighted by atomic mass is 32.2. The Labute approximate surface area is 162 Å². The van der Waals surface area contributed by atoms with Crippen molar-refractivity contribution in [2.24, 2.45) is 0 Å². The number of aromatic nitrogens is 2. The van der Waals surface area contributed by atoms with E-state index in [1.807, 2.05) is 20.1 Å². The number of carboxylic acids is 1. The predicted octanol–water partition coefficient (Wildman–Crippen LogP) is 2.70. The van der Waals surface area contributed by atoms with E-state index in [2.05, 4.69) is 15.3 Å². The summed E-state index contributed by atoms with van der Waals surface area (Å²) in [7, 11) is 1.53. The summed E-state index contributed by atoms with van der Waals surface area (Å²) in [5.74, 6) is -0.839. The molecule has 0 spiro atoms. The number of nitrogens with one attached hydrogen (secondary N) is 1. The molecule has 0 fully saturated rings. The lowest BCUT2D eigenvalue weighted by atomic mass is 10.0. The standard InChI is InChI=1S/C19H23N3O4S/c1-11-15(12(2)21-19(20-11)27-4)9-10-16(23)22-17(18(24)25)13-5-7-14(26-3)8-6-13/h5-8,17H,9-10H2,1-4H3,(H,22,23)(H,24,25). The van der Waals surface area contributed by atoms with Crippen LogP contribution in [0.25, 0.3) is 0 Å². The molecule has 1 heterocycles. The quantitative estimate of drug-likeness (QED) is 0.529. The number of carboxylic acid groups (broad SMARTS) is 1. The molecule has 1 atom stereocenters. The van der Waals surface area contributed by atoms with E-state index < -0.39 is 12.0 Å². The molecule has 2 aromatic rings. The fourth-order valence-corrected chi connectivity index (χ4v) is 3.17. The number of hydrogen-bond acceptors (Lipinski definition) is 6. The van der Waals surface area contributed by atoms with Crippen LogP contribution in [0.2, 0.25) is 0 Å². The van der Waals surface area contributed by atoms with Gasteiger partial charge < -0.3 is 15.2 Å². The van der Waals surface area contributed by atoms with Gasteiger partial charge >= 0.3 is 5.97 Å². The lowest BCUT2D eigenvalue weighted by molar-refractivity contribution is -0.142. The highest BCUT2D eigenvalue weighted by Crippen LogP contribution is 2.20. The number of carbonyl (C=O) groups excluding carboxylic acids is 1. The van der Waals surface area contributed by atoms with Crippen molar-refractivity contribution in [1.82, 2.24) is 15.3 Å². The van der Waals surface area contributed by atoms with Crippen LogP contribution in [0, 0.1) is 13.8 Å². The van der Waals surface area contributed by atoms with Crippen LogP contribution in [0.4, 0.5) is 0 Å². The zero-order valence-corrected chi connectivity index (χ0v) is 16.6. The Balaban J connectivity index is 2.05. The first-order valence-electron chi connectivity index (χ1n) is 8.40. The van der Waals surface area contributed by atoms with Crippen molar-refractivity contribution in [2.75, 3.05) is 13.4 Å². The molecule has 0 bridgehead atoms. The van der Waals surface area contributed by atoms with Gasteiger partial charge in [-0.25, -0.2) is 14.8 Å². The Kier molecular flexibility index (Phi) is 7.18. The molecule has 27 heavy (non-hydrogen) atoms. The van der Waals surface area contributed by atoms with E-state index in [0.717, 1.165) is 17.0 Å². The minimum absolute atomic E-state index is 0.156. The van der Waals surface area contributed by atoms with Crippen LogP contribution in [-0.2, 0) is 16.0 Å². The average molecular weight is 389 g/mol. The van der Waals surface area contributed by atoms with E-state index in [0.29, 0.717) is 22.9 Å². The third-order valence-electron chi connectivity index (χ3n) is 4.19. The van der Waals surface area contributed by atoms with Crippen LogP contribution in [0.15, 0.2) is 29.4 Å². The van der Waals surface area contributed by atoms with Gasteiger partial charge in [0, 0.05) is 17.8 Å². The Morgan fingerprint density at radius 1 is 1.19 bits per heavy atom. The van der Waals surface area contributed by atoms with Gasteiger partial charge in [-0.05, 0) is 49.8 Å². The number of carbonyl (C=O) groups is 2. The highest BCUT2D eigenvalue weighted by Gasteiger charge is 2.22. The Hall–Kier alpha value is -2.61. The Morgan fingerprint density at radius 2 is 1.78 bits per heavy atom. The zero-order chi connectivity index (χ0) is 20.0. The first-order chi connectivity index (χ1) is 12.8. The normalized spacial score (nSPS) is 11.7. The largest absolute Gasteiger partial charge is 0.497 e. The smallest absolute Gasteiger partial charge is 0.330 e.